The standard InChI is InChI=1S/C10H12N2/c1-8-3-2-4-9(7-12)10(8)5-6-11/h2-4H,5,7,12H2,1H3. The van der Waals surface area contributed by atoms with Crippen LogP contribution in [0, 0.1) is 18.3 Å². The quantitative estimate of drug-likeness (QED) is 0.713. The van der Waals surface area contributed by atoms with Crippen LogP contribution in [-0.2, 0) is 13.0 Å². The van der Waals surface area contributed by atoms with Crippen LogP contribution >= 0.6 is 0 Å². The Hall–Kier alpha value is -1.33. The summed E-state index contributed by atoms with van der Waals surface area (Å²) in [5, 5.41) is 8.57. The molecule has 0 spiro atoms. The highest BCUT2D eigenvalue weighted by atomic mass is 14.5. The SMILES string of the molecule is Cc1cccc(CN)c1CC#N. The number of aryl methyl sites for hydroxylation is 1. The van der Waals surface area contributed by atoms with Gasteiger partial charge in [0.1, 0.15) is 0 Å². The minimum atomic E-state index is 0.458. The molecule has 0 heterocycles. The lowest BCUT2D eigenvalue weighted by Gasteiger charge is -2.06. The third-order valence-electron chi connectivity index (χ3n) is 1.98. The Kier molecular flexibility index (Phi) is 2.84. The Morgan fingerprint density at radius 3 is 2.83 bits per heavy atom. The first-order chi connectivity index (χ1) is 5.79. The number of hydrogen-bond donors (Lipinski definition) is 1. The van der Waals surface area contributed by atoms with E-state index in [0.29, 0.717) is 13.0 Å². The fraction of sp³-hybridized carbons (Fsp3) is 0.300. The maximum absolute atomic E-state index is 8.57. The number of nitrogens with two attached hydrogens (primary N) is 1. The van der Waals surface area contributed by atoms with E-state index >= 15 is 0 Å². The lowest BCUT2D eigenvalue weighted by molar-refractivity contribution is 1.02. The van der Waals surface area contributed by atoms with E-state index in [1.165, 1.54) is 0 Å². The summed E-state index contributed by atoms with van der Waals surface area (Å²) < 4.78 is 0. The van der Waals surface area contributed by atoms with E-state index < -0.39 is 0 Å². The summed E-state index contributed by atoms with van der Waals surface area (Å²) >= 11 is 0. The lowest BCUT2D eigenvalue weighted by atomic mass is 10.00. The average molecular weight is 160 g/mol. The molecule has 0 fully saturated rings. The second-order valence-electron chi connectivity index (χ2n) is 2.75. The second-order valence-corrected chi connectivity index (χ2v) is 2.75. The Labute approximate surface area is 72.6 Å². The van der Waals surface area contributed by atoms with Gasteiger partial charge in [0.25, 0.3) is 0 Å². The highest BCUT2D eigenvalue weighted by Crippen LogP contribution is 2.13. The van der Waals surface area contributed by atoms with Crippen LogP contribution in [-0.4, -0.2) is 0 Å². The zero-order valence-corrected chi connectivity index (χ0v) is 7.17. The van der Waals surface area contributed by atoms with Crippen LogP contribution in [0.5, 0.6) is 0 Å². The Morgan fingerprint density at radius 2 is 2.25 bits per heavy atom. The monoisotopic (exact) mass is 160 g/mol. The summed E-state index contributed by atoms with van der Waals surface area (Å²) in [5.41, 5.74) is 8.86. The van der Waals surface area contributed by atoms with E-state index in [2.05, 4.69) is 6.07 Å². The number of nitrogens with zero attached hydrogens (tertiary/aromatic N) is 1. The molecule has 0 aromatic heterocycles. The highest BCUT2D eigenvalue weighted by molar-refractivity contribution is 5.36. The number of rotatable bonds is 2. The van der Waals surface area contributed by atoms with Crippen molar-refractivity contribution in [2.45, 2.75) is 19.9 Å². The zero-order chi connectivity index (χ0) is 8.97. The van der Waals surface area contributed by atoms with Gasteiger partial charge < -0.3 is 5.73 Å². The van der Waals surface area contributed by atoms with Crippen LogP contribution in [0.3, 0.4) is 0 Å². The van der Waals surface area contributed by atoms with Crippen LogP contribution in [0.15, 0.2) is 18.2 Å². The maximum Gasteiger partial charge on any atom is 0.0669 e. The average Bonchev–Trinajstić information content (AvgIpc) is 2.09. The van der Waals surface area contributed by atoms with Gasteiger partial charge in [0.15, 0.2) is 0 Å². The predicted molar refractivity (Wildman–Crippen MR) is 48.4 cm³/mol. The summed E-state index contributed by atoms with van der Waals surface area (Å²) in [6.07, 6.45) is 0.458. The summed E-state index contributed by atoms with van der Waals surface area (Å²) in [6, 6.07) is 8.09. The summed E-state index contributed by atoms with van der Waals surface area (Å²) in [4.78, 5) is 0. The van der Waals surface area contributed by atoms with Crippen molar-refractivity contribution < 1.29 is 0 Å². The lowest BCUT2D eigenvalue weighted by Crippen LogP contribution is -2.02. The van der Waals surface area contributed by atoms with Crippen molar-refractivity contribution in [1.82, 2.24) is 0 Å². The first-order valence-corrected chi connectivity index (χ1v) is 3.94. The number of nitriles is 1. The highest BCUT2D eigenvalue weighted by Gasteiger charge is 2.02. The van der Waals surface area contributed by atoms with Gasteiger partial charge in [-0.15, -0.1) is 0 Å². The molecule has 1 aromatic carbocycles. The van der Waals surface area contributed by atoms with Crippen molar-refractivity contribution in [2.75, 3.05) is 0 Å². The molecule has 1 aromatic rings. The summed E-state index contributed by atoms with van der Waals surface area (Å²) in [7, 11) is 0. The van der Waals surface area contributed by atoms with Gasteiger partial charge >= 0.3 is 0 Å². The van der Waals surface area contributed by atoms with Crippen molar-refractivity contribution >= 4 is 0 Å². The van der Waals surface area contributed by atoms with Crippen LogP contribution < -0.4 is 5.73 Å². The molecule has 1 rings (SSSR count). The fourth-order valence-corrected chi connectivity index (χ4v) is 1.29. The van der Waals surface area contributed by atoms with Crippen LogP contribution in [0.2, 0.25) is 0 Å². The molecule has 0 bridgehead atoms. The van der Waals surface area contributed by atoms with E-state index in [4.69, 9.17) is 11.0 Å². The van der Waals surface area contributed by atoms with Crippen LogP contribution in [0.4, 0.5) is 0 Å². The molecule has 12 heavy (non-hydrogen) atoms. The van der Waals surface area contributed by atoms with Gasteiger partial charge in [-0.1, -0.05) is 18.2 Å². The largest absolute Gasteiger partial charge is 0.326 e. The molecule has 2 N–H and O–H groups in total. The first kappa shape index (κ1) is 8.76. The molecule has 0 saturated heterocycles. The number of hydrogen-bond acceptors (Lipinski definition) is 2. The van der Waals surface area contributed by atoms with Crippen LogP contribution in [0.25, 0.3) is 0 Å². The number of benzene rings is 1. The van der Waals surface area contributed by atoms with E-state index in [1.807, 2.05) is 25.1 Å². The Balaban J connectivity index is 3.12. The molecule has 0 atom stereocenters. The molecule has 2 nitrogen and oxygen atoms in total. The normalized spacial score (nSPS) is 9.42. The van der Waals surface area contributed by atoms with E-state index in [-0.39, 0.29) is 0 Å². The van der Waals surface area contributed by atoms with Gasteiger partial charge in [-0.2, -0.15) is 5.26 Å². The van der Waals surface area contributed by atoms with Gasteiger partial charge in [0, 0.05) is 6.54 Å². The van der Waals surface area contributed by atoms with E-state index in [9.17, 15) is 0 Å². The molecule has 0 aliphatic carbocycles. The van der Waals surface area contributed by atoms with E-state index in [0.717, 1.165) is 16.7 Å². The Bertz CT molecular complexity index is 310. The molecular formula is C10H12N2. The Morgan fingerprint density at radius 1 is 1.50 bits per heavy atom. The molecular weight excluding hydrogens is 148 g/mol. The van der Waals surface area contributed by atoms with Gasteiger partial charge in [-0.05, 0) is 23.6 Å². The van der Waals surface area contributed by atoms with E-state index in [1.54, 1.807) is 0 Å². The fourth-order valence-electron chi connectivity index (χ4n) is 1.29. The smallest absolute Gasteiger partial charge is 0.0669 e. The zero-order valence-electron chi connectivity index (χ0n) is 7.17. The van der Waals surface area contributed by atoms with Crippen molar-refractivity contribution in [2.24, 2.45) is 5.73 Å². The minimum Gasteiger partial charge on any atom is -0.326 e. The van der Waals surface area contributed by atoms with Crippen molar-refractivity contribution in [3.63, 3.8) is 0 Å². The third-order valence-corrected chi connectivity index (χ3v) is 1.98. The second kappa shape index (κ2) is 3.89. The molecule has 62 valence electrons. The van der Waals surface area contributed by atoms with Crippen molar-refractivity contribution in [1.29, 1.82) is 5.26 Å². The summed E-state index contributed by atoms with van der Waals surface area (Å²) in [5.74, 6) is 0. The van der Waals surface area contributed by atoms with Crippen molar-refractivity contribution in [3.05, 3.63) is 34.9 Å². The molecule has 0 aliphatic rings. The summed E-state index contributed by atoms with van der Waals surface area (Å²) in [6.45, 7) is 2.52. The predicted octanol–water partition coefficient (Wildman–Crippen LogP) is 1.52. The van der Waals surface area contributed by atoms with Crippen LogP contribution in [0.1, 0.15) is 16.7 Å². The third kappa shape index (κ3) is 1.63. The van der Waals surface area contributed by atoms with Gasteiger partial charge in [-0.3, -0.25) is 0 Å². The first-order valence-electron chi connectivity index (χ1n) is 3.94. The van der Waals surface area contributed by atoms with Crippen molar-refractivity contribution in [3.8, 4) is 6.07 Å². The van der Waals surface area contributed by atoms with Gasteiger partial charge in [-0.25, -0.2) is 0 Å². The molecule has 0 aliphatic heterocycles. The topological polar surface area (TPSA) is 49.8 Å². The minimum absolute atomic E-state index is 0.458. The molecule has 0 radical (unpaired) electrons. The van der Waals surface area contributed by atoms with Gasteiger partial charge in [0.2, 0.25) is 0 Å². The maximum atomic E-state index is 8.57. The van der Waals surface area contributed by atoms with Gasteiger partial charge in [0.05, 0.1) is 12.5 Å². The molecule has 2 heteroatoms. The molecule has 0 unspecified atom stereocenters. The molecule has 0 amide bonds. The molecule has 0 saturated carbocycles.